The van der Waals surface area contributed by atoms with Gasteiger partial charge in [-0.25, -0.2) is 4.98 Å². The molecule has 3 rings (SSSR count). The Bertz CT molecular complexity index is 868. The molecule has 1 unspecified atom stereocenters. The van der Waals surface area contributed by atoms with Crippen molar-refractivity contribution in [1.82, 2.24) is 4.98 Å². The first-order valence-corrected chi connectivity index (χ1v) is 8.01. The Morgan fingerprint density at radius 1 is 1.16 bits per heavy atom. The van der Waals surface area contributed by atoms with Crippen molar-refractivity contribution in [3.8, 4) is 0 Å². The quantitative estimate of drug-likeness (QED) is 0.524. The van der Waals surface area contributed by atoms with Crippen LogP contribution in [0.15, 0.2) is 60.8 Å². The first-order valence-electron chi connectivity index (χ1n) is 8.01. The Morgan fingerprint density at radius 3 is 2.60 bits per heavy atom. The highest BCUT2D eigenvalue weighted by atomic mass is 16.6. The predicted molar refractivity (Wildman–Crippen MR) is 97.8 cm³/mol. The van der Waals surface area contributed by atoms with Crippen LogP contribution in [0.4, 0.5) is 11.4 Å². The molecule has 0 aliphatic heterocycles. The molecule has 0 fully saturated rings. The number of nitrogens with one attached hydrogen (secondary N) is 1. The zero-order valence-corrected chi connectivity index (χ0v) is 13.9. The number of benzene rings is 2. The lowest BCUT2D eigenvalue weighted by Crippen LogP contribution is -2.24. The van der Waals surface area contributed by atoms with E-state index in [4.69, 9.17) is 4.74 Å². The van der Waals surface area contributed by atoms with E-state index in [0.29, 0.717) is 17.7 Å². The van der Waals surface area contributed by atoms with E-state index >= 15 is 0 Å². The highest BCUT2D eigenvalue weighted by Crippen LogP contribution is 2.31. The summed E-state index contributed by atoms with van der Waals surface area (Å²) in [5.74, 6) is 0. The molecule has 0 amide bonds. The summed E-state index contributed by atoms with van der Waals surface area (Å²) in [7, 11) is 1.65. The van der Waals surface area contributed by atoms with Crippen LogP contribution in [0, 0.1) is 10.1 Å². The number of nitrogens with zero attached hydrogens (tertiary/aromatic N) is 2. The maximum Gasteiger partial charge on any atom is 0.311 e. The molecule has 2 aromatic carbocycles. The summed E-state index contributed by atoms with van der Waals surface area (Å²) in [6.45, 7) is 0.459. The molecule has 0 aliphatic rings. The molecule has 0 bridgehead atoms. The molecule has 0 radical (unpaired) electrons. The van der Waals surface area contributed by atoms with Crippen molar-refractivity contribution in [1.29, 1.82) is 0 Å². The van der Waals surface area contributed by atoms with Crippen LogP contribution in [0.25, 0.3) is 10.9 Å². The predicted octanol–water partition coefficient (Wildman–Crippen LogP) is 3.81. The van der Waals surface area contributed by atoms with Crippen molar-refractivity contribution in [2.75, 3.05) is 19.0 Å². The number of pyridine rings is 1. The first kappa shape index (κ1) is 16.9. The van der Waals surface area contributed by atoms with Gasteiger partial charge in [0.25, 0.3) is 0 Å². The Kier molecular flexibility index (Phi) is 5.20. The summed E-state index contributed by atoms with van der Waals surface area (Å²) >= 11 is 0. The topological polar surface area (TPSA) is 77.3 Å². The van der Waals surface area contributed by atoms with Crippen LogP contribution in [0.3, 0.4) is 0 Å². The van der Waals surface area contributed by atoms with Crippen molar-refractivity contribution in [3.63, 3.8) is 0 Å². The Balaban J connectivity index is 1.83. The molecule has 0 saturated heterocycles. The van der Waals surface area contributed by atoms with Gasteiger partial charge in [-0.2, -0.15) is 0 Å². The fourth-order valence-electron chi connectivity index (χ4n) is 2.79. The molecule has 6 nitrogen and oxygen atoms in total. The van der Waals surface area contributed by atoms with Crippen LogP contribution in [0.2, 0.25) is 0 Å². The van der Waals surface area contributed by atoms with Crippen molar-refractivity contribution < 1.29 is 9.66 Å². The lowest BCUT2D eigenvalue weighted by Gasteiger charge is -2.18. The van der Waals surface area contributed by atoms with Gasteiger partial charge in [0.15, 0.2) is 0 Å². The van der Waals surface area contributed by atoms with Crippen molar-refractivity contribution in [2.24, 2.45) is 0 Å². The molecule has 1 N–H and O–H groups in total. The molecule has 0 saturated carbocycles. The van der Waals surface area contributed by atoms with E-state index in [2.05, 4.69) is 10.3 Å². The third kappa shape index (κ3) is 3.92. The van der Waals surface area contributed by atoms with Gasteiger partial charge in [0.1, 0.15) is 11.9 Å². The van der Waals surface area contributed by atoms with E-state index in [9.17, 15) is 10.1 Å². The molecule has 1 atom stereocenters. The zero-order chi connectivity index (χ0) is 17.6. The van der Waals surface area contributed by atoms with Crippen LogP contribution >= 0.6 is 0 Å². The number of hydrogen-bond acceptors (Lipinski definition) is 5. The monoisotopic (exact) mass is 337 g/mol. The minimum Gasteiger partial charge on any atom is -0.379 e. The Morgan fingerprint density at radius 2 is 1.88 bits per heavy atom. The number of hydrogen-bond donors (Lipinski definition) is 1. The number of ether oxygens (including phenoxy) is 1. The lowest BCUT2D eigenvalue weighted by molar-refractivity contribution is -0.384. The van der Waals surface area contributed by atoms with E-state index in [0.717, 1.165) is 17.4 Å². The standard InChI is InChI=1S/C19H19N3O3/c1-25-15(11-14-7-3-2-4-8-14)12-21-19-16-9-5-6-10-17(16)20-13-18(19)22(23)24/h2-10,13,15H,11-12H2,1H3,(H,20,21). The maximum atomic E-state index is 11.4. The molecule has 128 valence electrons. The number of nitro groups is 1. The Hall–Kier alpha value is -2.99. The third-order valence-corrected chi connectivity index (χ3v) is 4.10. The van der Waals surface area contributed by atoms with Crippen LogP contribution in [-0.2, 0) is 11.2 Å². The minimum atomic E-state index is -0.416. The summed E-state index contributed by atoms with van der Waals surface area (Å²) in [4.78, 5) is 15.1. The summed E-state index contributed by atoms with van der Waals surface area (Å²) in [6.07, 6.45) is 1.92. The van der Waals surface area contributed by atoms with Gasteiger partial charge in [0, 0.05) is 25.5 Å². The van der Waals surface area contributed by atoms with Gasteiger partial charge in [-0.05, 0) is 11.6 Å². The van der Waals surface area contributed by atoms with E-state index in [1.54, 1.807) is 7.11 Å². The van der Waals surface area contributed by atoms with Gasteiger partial charge in [0.2, 0.25) is 0 Å². The normalized spacial score (nSPS) is 12.0. The number of aromatic nitrogens is 1. The van der Waals surface area contributed by atoms with E-state index in [1.807, 2.05) is 54.6 Å². The minimum absolute atomic E-state index is 0.0340. The van der Waals surface area contributed by atoms with Crippen LogP contribution in [0.5, 0.6) is 0 Å². The summed E-state index contributed by atoms with van der Waals surface area (Å²) < 4.78 is 5.54. The molecule has 1 aromatic heterocycles. The first-order chi connectivity index (χ1) is 12.2. The van der Waals surface area contributed by atoms with Crippen molar-refractivity contribution in [3.05, 3.63) is 76.5 Å². The van der Waals surface area contributed by atoms with Gasteiger partial charge in [-0.1, -0.05) is 48.5 Å². The summed E-state index contributed by atoms with van der Waals surface area (Å²) in [5, 5.41) is 15.3. The number of rotatable bonds is 7. The van der Waals surface area contributed by atoms with Gasteiger partial charge >= 0.3 is 5.69 Å². The summed E-state index contributed by atoms with van der Waals surface area (Å²) in [6, 6.07) is 17.4. The lowest BCUT2D eigenvalue weighted by atomic mass is 10.1. The molecular weight excluding hydrogens is 318 g/mol. The molecule has 3 aromatic rings. The zero-order valence-electron chi connectivity index (χ0n) is 13.9. The number of para-hydroxylation sites is 1. The molecule has 25 heavy (non-hydrogen) atoms. The average Bonchev–Trinajstić information content (AvgIpc) is 2.65. The molecular formula is C19H19N3O3. The van der Waals surface area contributed by atoms with Crippen LogP contribution in [0.1, 0.15) is 5.56 Å². The van der Waals surface area contributed by atoms with Crippen LogP contribution < -0.4 is 5.32 Å². The Labute approximate surface area is 145 Å². The number of fused-ring (bicyclic) bond motifs is 1. The van der Waals surface area contributed by atoms with Crippen molar-refractivity contribution >= 4 is 22.3 Å². The van der Waals surface area contributed by atoms with E-state index in [-0.39, 0.29) is 11.8 Å². The van der Waals surface area contributed by atoms with E-state index < -0.39 is 4.92 Å². The molecule has 1 heterocycles. The largest absolute Gasteiger partial charge is 0.379 e. The number of methoxy groups -OCH3 is 1. The van der Waals surface area contributed by atoms with Crippen LogP contribution in [-0.4, -0.2) is 29.7 Å². The average molecular weight is 337 g/mol. The van der Waals surface area contributed by atoms with Gasteiger partial charge in [-0.3, -0.25) is 10.1 Å². The fourth-order valence-corrected chi connectivity index (χ4v) is 2.79. The molecule has 6 heteroatoms. The second-order valence-corrected chi connectivity index (χ2v) is 5.72. The van der Waals surface area contributed by atoms with Gasteiger partial charge in [-0.15, -0.1) is 0 Å². The fraction of sp³-hybridized carbons (Fsp3) is 0.211. The SMILES string of the molecule is COC(CNc1c([N+](=O)[O-])cnc2ccccc12)Cc1ccccc1. The van der Waals surface area contributed by atoms with Crippen molar-refractivity contribution in [2.45, 2.75) is 12.5 Å². The molecule has 0 aliphatic carbocycles. The second kappa shape index (κ2) is 7.72. The smallest absolute Gasteiger partial charge is 0.311 e. The third-order valence-electron chi connectivity index (χ3n) is 4.10. The van der Waals surface area contributed by atoms with E-state index in [1.165, 1.54) is 6.20 Å². The molecule has 0 spiro atoms. The van der Waals surface area contributed by atoms with Gasteiger partial charge < -0.3 is 10.1 Å². The highest BCUT2D eigenvalue weighted by molar-refractivity contribution is 5.95. The summed E-state index contributed by atoms with van der Waals surface area (Å²) in [5.41, 5.74) is 2.32. The highest BCUT2D eigenvalue weighted by Gasteiger charge is 2.19. The second-order valence-electron chi connectivity index (χ2n) is 5.72. The van der Waals surface area contributed by atoms with Gasteiger partial charge in [0.05, 0.1) is 16.5 Å². The maximum absolute atomic E-state index is 11.4. The number of anilines is 1.